The van der Waals surface area contributed by atoms with Crippen LogP contribution in [0.3, 0.4) is 0 Å². The van der Waals surface area contributed by atoms with Crippen molar-refractivity contribution in [3.8, 4) is 11.5 Å². The Hall–Kier alpha value is -1.59. The predicted octanol–water partition coefficient (Wildman–Crippen LogP) is 3.68. The first-order chi connectivity index (χ1) is 10.2. The van der Waals surface area contributed by atoms with Crippen LogP contribution in [0, 0.1) is 5.82 Å². The molecule has 2 N–H and O–H groups in total. The zero-order valence-corrected chi connectivity index (χ0v) is 13.3. The van der Waals surface area contributed by atoms with Gasteiger partial charge in [0.1, 0.15) is 12.4 Å². The minimum Gasteiger partial charge on any atom is -0.494 e. The van der Waals surface area contributed by atoms with Crippen molar-refractivity contribution < 1.29 is 13.9 Å². The van der Waals surface area contributed by atoms with Gasteiger partial charge in [0.2, 0.25) is 0 Å². The summed E-state index contributed by atoms with van der Waals surface area (Å²) in [5.74, 6) is 0.579. The van der Waals surface area contributed by atoms with Crippen molar-refractivity contribution >= 4 is 15.9 Å². The van der Waals surface area contributed by atoms with Gasteiger partial charge in [-0.2, -0.15) is 0 Å². The maximum Gasteiger partial charge on any atom is 0.165 e. The fourth-order valence-corrected chi connectivity index (χ4v) is 2.54. The number of methoxy groups -OCH3 is 1. The summed E-state index contributed by atoms with van der Waals surface area (Å²) in [6, 6.07) is 10.6. The van der Waals surface area contributed by atoms with Crippen LogP contribution < -0.4 is 15.2 Å². The predicted molar refractivity (Wildman–Crippen MR) is 84.2 cm³/mol. The highest BCUT2D eigenvalue weighted by atomic mass is 79.9. The van der Waals surface area contributed by atoms with Gasteiger partial charge < -0.3 is 15.2 Å². The normalized spacial score (nSPS) is 10.5. The number of rotatable bonds is 6. The van der Waals surface area contributed by atoms with Crippen LogP contribution in [0.15, 0.2) is 40.9 Å². The first kappa shape index (κ1) is 15.8. The summed E-state index contributed by atoms with van der Waals surface area (Å²) in [6.07, 6.45) is 0.728. The fraction of sp³-hybridized carbons (Fsp3) is 0.250. The Bertz CT molecular complexity index is 619. The molecule has 0 saturated carbocycles. The Balaban J connectivity index is 2.14. The van der Waals surface area contributed by atoms with Crippen LogP contribution in [0.25, 0.3) is 0 Å². The monoisotopic (exact) mass is 353 g/mol. The average Bonchev–Trinajstić information content (AvgIpc) is 2.47. The molecule has 21 heavy (non-hydrogen) atoms. The lowest BCUT2D eigenvalue weighted by atomic mass is 10.1. The molecule has 5 heteroatoms. The molecule has 0 saturated heterocycles. The van der Waals surface area contributed by atoms with Gasteiger partial charge in [-0.1, -0.05) is 18.2 Å². The zero-order chi connectivity index (χ0) is 15.2. The maximum absolute atomic E-state index is 13.6. The van der Waals surface area contributed by atoms with Gasteiger partial charge in [0.05, 0.1) is 11.6 Å². The van der Waals surface area contributed by atoms with Crippen molar-refractivity contribution in [2.75, 3.05) is 13.7 Å². The van der Waals surface area contributed by atoms with E-state index in [0.717, 1.165) is 27.8 Å². The minimum absolute atomic E-state index is 0.225. The van der Waals surface area contributed by atoms with Gasteiger partial charge in [-0.3, -0.25) is 0 Å². The molecule has 2 aromatic rings. The third-order valence-corrected chi connectivity index (χ3v) is 3.69. The SMILES string of the molecule is COc1ccc(COc2c(Br)cccc2CCN)cc1F. The molecule has 2 aromatic carbocycles. The molecule has 0 atom stereocenters. The second-order valence-electron chi connectivity index (χ2n) is 4.52. The molecule has 0 heterocycles. The van der Waals surface area contributed by atoms with E-state index in [1.807, 2.05) is 18.2 Å². The lowest BCUT2D eigenvalue weighted by Gasteiger charge is -2.13. The quantitative estimate of drug-likeness (QED) is 0.861. The molecule has 0 aliphatic carbocycles. The van der Waals surface area contributed by atoms with Gasteiger partial charge >= 0.3 is 0 Å². The Morgan fingerprint density at radius 2 is 2.05 bits per heavy atom. The van der Waals surface area contributed by atoms with Crippen LogP contribution in [0.5, 0.6) is 11.5 Å². The highest BCUT2D eigenvalue weighted by Crippen LogP contribution is 2.30. The lowest BCUT2D eigenvalue weighted by molar-refractivity contribution is 0.299. The summed E-state index contributed by atoms with van der Waals surface area (Å²) in [7, 11) is 1.44. The molecule has 0 aliphatic heterocycles. The van der Waals surface area contributed by atoms with E-state index < -0.39 is 5.82 Å². The minimum atomic E-state index is -0.395. The van der Waals surface area contributed by atoms with Crippen LogP contribution in [0.2, 0.25) is 0 Å². The van der Waals surface area contributed by atoms with Gasteiger partial charge in [-0.15, -0.1) is 0 Å². The molecule has 0 amide bonds. The van der Waals surface area contributed by atoms with E-state index in [-0.39, 0.29) is 12.4 Å². The van der Waals surface area contributed by atoms with Crippen molar-refractivity contribution in [3.63, 3.8) is 0 Å². The Kier molecular flexibility index (Phi) is 5.59. The number of para-hydroxylation sites is 1. The van der Waals surface area contributed by atoms with E-state index in [9.17, 15) is 4.39 Å². The van der Waals surface area contributed by atoms with Crippen molar-refractivity contribution in [2.24, 2.45) is 5.73 Å². The fourth-order valence-electron chi connectivity index (χ4n) is 2.02. The lowest BCUT2D eigenvalue weighted by Crippen LogP contribution is -2.06. The van der Waals surface area contributed by atoms with E-state index in [4.69, 9.17) is 15.2 Å². The molecule has 0 aromatic heterocycles. The summed E-state index contributed by atoms with van der Waals surface area (Å²) in [4.78, 5) is 0. The Morgan fingerprint density at radius 3 is 2.71 bits per heavy atom. The first-order valence-corrected chi connectivity index (χ1v) is 7.37. The second kappa shape index (κ2) is 7.43. The van der Waals surface area contributed by atoms with Crippen LogP contribution in [-0.2, 0) is 13.0 Å². The Labute approximate surface area is 132 Å². The van der Waals surface area contributed by atoms with Gasteiger partial charge in [0.15, 0.2) is 11.6 Å². The van der Waals surface area contributed by atoms with Crippen LogP contribution >= 0.6 is 15.9 Å². The summed E-state index contributed by atoms with van der Waals surface area (Å²) < 4.78 is 25.2. The summed E-state index contributed by atoms with van der Waals surface area (Å²) >= 11 is 3.47. The largest absolute Gasteiger partial charge is 0.494 e. The van der Waals surface area contributed by atoms with Crippen LogP contribution in [0.4, 0.5) is 4.39 Å². The third kappa shape index (κ3) is 3.95. The van der Waals surface area contributed by atoms with Crippen molar-refractivity contribution in [1.29, 1.82) is 0 Å². The van der Waals surface area contributed by atoms with E-state index in [1.54, 1.807) is 12.1 Å². The smallest absolute Gasteiger partial charge is 0.165 e. The highest BCUT2D eigenvalue weighted by Gasteiger charge is 2.09. The van der Waals surface area contributed by atoms with Gasteiger partial charge in [0, 0.05) is 0 Å². The molecular formula is C16H17BrFNO2. The highest BCUT2D eigenvalue weighted by molar-refractivity contribution is 9.10. The number of hydrogen-bond donors (Lipinski definition) is 1. The standard InChI is InChI=1S/C16H17BrFNO2/c1-20-15-6-5-11(9-14(15)18)10-21-16-12(7-8-19)3-2-4-13(16)17/h2-6,9H,7-8,10,19H2,1H3. The number of hydrogen-bond acceptors (Lipinski definition) is 3. The summed E-state index contributed by atoms with van der Waals surface area (Å²) in [5.41, 5.74) is 7.37. The van der Waals surface area contributed by atoms with Crippen LogP contribution in [0.1, 0.15) is 11.1 Å². The summed E-state index contributed by atoms with van der Waals surface area (Å²) in [5, 5.41) is 0. The van der Waals surface area contributed by atoms with Crippen molar-refractivity contribution in [1.82, 2.24) is 0 Å². The average molecular weight is 354 g/mol. The summed E-state index contributed by atoms with van der Waals surface area (Å²) in [6.45, 7) is 0.824. The molecule has 0 spiro atoms. The molecule has 0 bridgehead atoms. The maximum atomic E-state index is 13.6. The number of halogens is 2. The van der Waals surface area contributed by atoms with E-state index in [2.05, 4.69) is 15.9 Å². The Morgan fingerprint density at radius 1 is 1.24 bits per heavy atom. The van der Waals surface area contributed by atoms with E-state index in [1.165, 1.54) is 13.2 Å². The zero-order valence-electron chi connectivity index (χ0n) is 11.7. The first-order valence-electron chi connectivity index (χ1n) is 6.58. The molecule has 0 radical (unpaired) electrons. The van der Waals surface area contributed by atoms with E-state index in [0.29, 0.717) is 6.54 Å². The van der Waals surface area contributed by atoms with Crippen molar-refractivity contribution in [3.05, 3.63) is 57.8 Å². The number of nitrogens with two attached hydrogens (primary N) is 1. The number of benzene rings is 2. The van der Waals surface area contributed by atoms with Crippen molar-refractivity contribution in [2.45, 2.75) is 13.0 Å². The molecular weight excluding hydrogens is 337 g/mol. The van der Waals surface area contributed by atoms with Gasteiger partial charge in [-0.25, -0.2) is 4.39 Å². The third-order valence-electron chi connectivity index (χ3n) is 3.06. The van der Waals surface area contributed by atoms with Gasteiger partial charge in [-0.05, 0) is 58.2 Å². The molecule has 0 unspecified atom stereocenters. The molecule has 112 valence electrons. The van der Waals surface area contributed by atoms with E-state index >= 15 is 0 Å². The molecule has 3 nitrogen and oxygen atoms in total. The molecule has 0 fully saturated rings. The second-order valence-corrected chi connectivity index (χ2v) is 5.38. The van der Waals surface area contributed by atoms with Gasteiger partial charge in [0.25, 0.3) is 0 Å². The topological polar surface area (TPSA) is 44.5 Å². The number of ether oxygens (including phenoxy) is 2. The molecule has 2 rings (SSSR count). The molecule has 0 aliphatic rings. The van der Waals surface area contributed by atoms with Crippen LogP contribution in [-0.4, -0.2) is 13.7 Å².